The molecule has 0 aliphatic heterocycles. The molecule has 0 atom stereocenters. The first-order chi connectivity index (χ1) is 18.1. The first-order valence-electron chi connectivity index (χ1n) is 13.7. The highest BCUT2D eigenvalue weighted by Gasteiger charge is 2.29. The van der Waals surface area contributed by atoms with Crippen LogP contribution in [0.2, 0.25) is 0 Å². The van der Waals surface area contributed by atoms with Crippen LogP contribution in [0.25, 0.3) is 21.3 Å². The van der Waals surface area contributed by atoms with E-state index in [0.717, 1.165) is 43.9 Å². The van der Waals surface area contributed by atoms with Gasteiger partial charge in [-0.15, -0.1) is 11.3 Å². The number of ether oxygens (including phenoxy) is 2. The van der Waals surface area contributed by atoms with Crippen LogP contribution in [-0.4, -0.2) is 32.5 Å². The van der Waals surface area contributed by atoms with Crippen LogP contribution in [0, 0.1) is 11.8 Å². The average molecular weight is 521 g/mol. The summed E-state index contributed by atoms with van der Waals surface area (Å²) < 4.78 is 16.1. The van der Waals surface area contributed by atoms with Crippen LogP contribution in [-0.2, 0) is 24.9 Å². The Bertz CT molecular complexity index is 1440. The first-order valence-corrected chi connectivity index (χ1v) is 14.5. The van der Waals surface area contributed by atoms with E-state index in [0.29, 0.717) is 24.8 Å². The Hall–Kier alpha value is -2.71. The van der Waals surface area contributed by atoms with E-state index in [4.69, 9.17) is 14.5 Å². The zero-order valence-corrected chi connectivity index (χ0v) is 22.6. The molecule has 0 saturated heterocycles. The lowest BCUT2D eigenvalue weighted by molar-refractivity contribution is -0.00163. The van der Waals surface area contributed by atoms with Crippen molar-refractivity contribution in [3.8, 4) is 5.75 Å². The lowest BCUT2D eigenvalue weighted by Crippen LogP contribution is -2.27. The number of rotatable bonds is 7. The maximum Gasteiger partial charge on any atom is 0.291 e. The summed E-state index contributed by atoms with van der Waals surface area (Å²) in [6, 6.07) is 7.72. The Morgan fingerprint density at radius 2 is 1.84 bits per heavy atom. The van der Waals surface area contributed by atoms with Crippen LogP contribution in [0.5, 0.6) is 5.75 Å². The molecular formula is C29H36N4O3S. The van der Waals surface area contributed by atoms with Crippen molar-refractivity contribution in [1.29, 1.82) is 0 Å². The molecule has 3 heterocycles. The third-order valence-corrected chi connectivity index (χ3v) is 9.57. The Morgan fingerprint density at radius 3 is 2.62 bits per heavy atom. The van der Waals surface area contributed by atoms with Gasteiger partial charge in [-0.1, -0.05) is 44.2 Å². The number of aromatic nitrogens is 4. The molecule has 4 aromatic rings. The molecule has 196 valence electrons. The summed E-state index contributed by atoms with van der Waals surface area (Å²) in [5, 5.41) is 6.32. The Morgan fingerprint density at radius 1 is 1.05 bits per heavy atom. The first kappa shape index (κ1) is 24.6. The minimum absolute atomic E-state index is 0.111. The molecule has 3 aromatic heterocycles. The van der Waals surface area contributed by atoms with Crippen molar-refractivity contribution in [2.24, 2.45) is 18.9 Å². The largest absolute Gasteiger partial charge is 0.497 e. The van der Waals surface area contributed by atoms with Crippen molar-refractivity contribution < 1.29 is 9.47 Å². The second-order valence-electron chi connectivity index (χ2n) is 10.8. The van der Waals surface area contributed by atoms with Gasteiger partial charge in [-0.2, -0.15) is 5.10 Å². The molecule has 1 aromatic carbocycles. The molecule has 2 aliphatic carbocycles. The minimum Gasteiger partial charge on any atom is -0.497 e. The highest BCUT2D eigenvalue weighted by molar-refractivity contribution is 7.19. The summed E-state index contributed by atoms with van der Waals surface area (Å²) in [6.45, 7) is 0.931. The predicted molar refractivity (Wildman–Crippen MR) is 147 cm³/mol. The van der Waals surface area contributed by atoms with Crippen LogP contribution < -0.4 is 10.3 Å². The number of methoxy groups -OCH3 is 1. The molecule has 0 unspecified atom stereocenters. The van der Waals surface area contributed by atoms with E-state index in [1.54, 1.807) is 24.6 Å². The van der Waals surface area contributed by atoms with Gasteiger partial charge >= 0.3 is 0 Å². The molecule has 0 amide bonds. The van der Waals surface area contributed by atoms with Crippen molar-refractivity contribution in [3.63, 3.8) is 0 Å². The number of aryl methyl sites for hydroxylation is 1. The van der Waals surface area contributed by atoms with Gasteiger partial charge in [0.1, 0.15) is 16.3 Å². The van der Waals surface area contributed by atoms with E-state index in [2.05, 4.69) is 5.10 Å². The molecule has 0 bridgehead atoms. The maximum absolute atomic E-state index is 13.3. The van der Waals surface area contributed by atoms with Gasteiger partial charge in [-0.25, -0.2) is 9.67 Å². The predicted octanol–water partition coefficient (Wildman–Crippen LogP) is 6.06. The SMILES string of the molecule is COc1cccc(Cn2ncc3c4sc(COC5CCC(C6CCCCC6)CC5)nc4n(C)c3c2=O)c1. The summed E-state index contributed by atoms with van der Waals surface area (Å²) in [5.41, 5.74) is 2.33. The number of hydrogen-bond donors (Lipinski definition) is 0. The Kier molecular flexibility index (Phi) is 7.04. The summed E-state index contributed by atoms with van der Waals surface area (Å²) in [4.78, 5) is 18.2. The molecule has 2 aliphatic rings. The van der Waals surface area contributed by atoms with E-state index in [1.165, 1.54) is 62.5 Å². The second-order valence-corrected chi connectivity index (χ2v) is 11.9. The maximum atomic E-state index is 13.3. The molecule has 2 fully saturated rings. The Labute approximate surface area is 221 Å². The molecule has 8 heteroatoms. The van der Waals surface area contributed by atoms with Crippen molar-refractivity contribution >= 4 is 32.6 Å². The molecular weight excluding hydrogens is 484 g/mol. The smallest absolute Gasteiger partial charge is 0.291 e. The van der Waals surface area contributed by atoms with Crippen LogP contribution in [0.15, 0.2) is 35.3 Å². The molecule has 0 radical (unpaired) electrons. The van der Waals surface area contributed by atoms with Gasteiger partial charge in [0.2, 0.25) is 0 Å². The quantitative estimate of drug-likeness (QED) is 0.296. The van der Waals surface area contributed by atoms with Gasteiger partial charge in [0.05, 0.1) is 37.3 Å². The monoisotopic (exact) mass is 520 g/mol. The second kappa shape index (κ2) is 10.6. The fourth-order valence-electron chi connectivity index (χ4n) is 6.47. The fourth-order valence-corrected chi connectivity index (χ4v) is 7.50. The third kappa shape index (κ3) is 4.93. The van der Waals surface area contributed by atoms with Gasteiger partial charge in [-0.3, -0.25) is 4.79 Å². The summed E-state index contributed by atoms with van der Waals surface area (Å²) in [7, 11) is 3.56. The molecule has 7 nitrogen and oxygen atoms in total. The zero-order valence-electron chi connectivity index (χ0n) is 21.8. The van der Waals surface area contributed by atoms with Gasteiger partial charge in [0.25, 0.3) is 5.56 Å². The molecule has 2 saturated carbocycles. The molecule has 0 spiro atoms. The molecule has 0 N–H and O–H groups in total. The number of fused-ring (bicyclic) bond motifs is 3. The topological polar surface area (TPSA) is 71.2 Å². The lowest BCUT2D eigenvalue weighted by Gasteiger charge is -2.35. The van der Waals surface area contributed by atoms with E-state index < -0.39 is 0 Å². The standard InChI is InChI=1S/C29H36N4O3S/c1-32-26-24(16-30-33(29(26)34)17-19-7-6-10-23(15-19)35-2)27-28(32)31-25(37-27)18-36-22-13-11-21(12-14-22)20-8-4-3-5-9-20/h6-7,10,15-16,20-22H,3-5,8-9,11-14,17-18H2,1-2H3. The van der Waals surface area contributed by atoms with Crippen LogP contribution in [0.3, 0.4) is 0 Å². The molecule has 6 rings (SSSR count). The van der Waals surface area contributed by atoms with Crippen molar-refractivity contribution in [1.82, 2.24) is 19.3 Å². The normalized spacial score (nSPS) is 21.1. The van der Waals surface area contributed by atoms with Crippen molar-refractivity contribution in [2.75, 3.05) is 7.11 Å². The van der Waals surface area contributed by atoms with E-state index in [1.807, 2.05) is 35.9 Å². The number of nitrogens with zero attached hydrogens (tertiary/aromatic N) is 4. The van der Waals surface area contributed by atoms with Crippen LogP contribution in [0.4, 0.5) is 0 Å². The van der Waals surface area contributed by atoms with E-state index in [-0.39, 0.29) is 5.56 Å². The average Bonchev–Trinajstić information content (AvgIpc) is 3.48. The van der Waals surface area contributed by atoms with E-state index in [9.17, 15) is 4.79 Å². The minimum atomic E-state index is -0.111. The number of benzene rings is 1. The van der Waals surface area contributed by atoms with Gasteiger partial charge < -0.3 is 14.0 Å². The summed E-state index contributed by atoms with van der Waals surface area (Å²) >= 11 is 1.62. The summed E-state index contributed by atoms with van der Waals surface area (Å²) in [5.74, 6) is 2.64. The highest BCUT2D eigenvalue weighted by Crippen LogP contribution is 2.39. The van der Waals surface area contributed by atoms with Crippen LogP contribution >= 0.6 is 11.3 Å². The van der Waals surface area contributed by atoms with Gasteiger partial charge in [-0.05, 0) is 55.2 Å². The Balaban J connectivity index is 1.14. The lowest BCUT2D eigenvalue weighted by atomic mass is 9.73. The van der Waals surface area contributed by atoms with Gasteiger partial charge in [0.15, 0.2) is 5.65 Å². The highest BCUT2D eigenvalue weighted by atomic mass is 32.1. The number of hydrogen-bond acceptors (Lipinski definition) is 6. The summed E-state index contributed by atoms with van der Waals surface area (Å²) in [6.07, 6.45) is 14.3. The van der Waals surface area contributed by atoms with Crippen LogP contribution in [0.1, 0.15) is 68.4 Å². The van der Waals surface area contributed by atoms with Crippen molar-refractivity contribution in [2.45, 2.75) is 77.0 Å². The van der Waals surface area contributed by atoms with Crippen molar-refractivity contribution in [3.05, 3.63) is 51.4 Å². The fraction of sp³-hybridized carbons (Fsp3) is 0.552. The van der Waals surface area contributed by atoms with Gasteiger partial charge in [0, 0.05) is 12.4 Å². The third-order valence-electron chi connectivity index (χ3n) is 8.51. The van der Waals surface area contributed by atoms with E-state index >= 15 is 0 Å². The number of thiazole rings is 1. The zero-order chi connectivity index (χ0) is 25.4. The molecule has 37 heavy (non-hydrogen) atoms.